The summed E-state index contributed by atoms with van der Waals surface area (Å²) in [5, 5.41) is 0. The van der Waals surface area contributed by atoms with Crippen molar-refractivity contribution in [1.82, 2.24) is 19.4 Å². The Morgan fingerprint density at radius 2 is 2.00 bits per heavy atom. The first kappa shape index (κ1) is 22.1. The van der Waals surface area contributed by atoms with Crippen molar-refractivity contribution in [3.63, 3.8) is 0 Å². The number of hydrogen-bond acceptors (Lipinski definition) is 4. The molecule has 1 aliphatic heterocycles. The van der Waals surface area contributed by atoms with E-state index in [1.165, 1.54) is 18.5 Å². The molecule has 2 aromatic rings. The molecule has 2 heterocycles. The van der Waals surface area contributed by atoms with Gasteiger partial charge in [-0.1, -0.05) is 6.07 Å². The Labute approximate surface area is 174 Å². The van der Waals surface area contributed by atoms with E-state index in [-0.39, 0.29) is 24.2 Å². The van der Waals surface area contributed by atoms with E-state index in [0.717, 1.165) is 18.9 Å². The number of likely N-dealkylation sites (tertiary alicyclic amines) is 1. The van der Waals surface area contributed by atoms with Gasteiger partial charge in [0.25, 0.3) is 5.91 Å². The molecule has 0 N–H and O–H groups in total. The van der Waals surface area contributed by atoms with E-state index in [9.17, 15) is 18.0 Å². The summed E-state index contributed by atoms with van der Waals surface area (Å²) in [5.41, 5.74) is 0.767. The third kappa shape index (κ3) is 5.53. The number of alkyl halides is 2. The molecule has 0 aliphatic carbocycles. The van der Waals surface area contributed by atoms with Crippen molar-refractivity contribution in [2.75, 3.05) is 19.6 Å². The Bertz CT molecular complexity index is 879. The average Bonchev–Trinajstić information content (AvgIpc) is 3.32. The summed E-state index contributed by atoms with van der Waals surface area (Å²) in [6, 6.07) is 3.60. The van der Waals surface area contributed by atoms with Gasteiger partial charge in [0.15, 0.2) is 11.6 Å². The van der Waals surface area contributed by atoms with Crippen molar-refractivity contribution < 1.29 is 22.7 Å². The number of carbonyl (C=O) groups is 1. The largest absolute Gasteiger partial charge is 0.428 e. The first-order valence-electron chi connectivity index (χ1n) is 10.0. The van der Waals surface area contributed by atoms with Crippen molar-refractivity contribution in [3.8, 4) is 5.75 Å². The van der Waals surface area contributed by atoms with Gasteiger partial charge in [-0.15, -0.1) is 0 Å². The van der Waals surface area contributed by atoms with E-state index in [1.54, 1.807) is 27.6 Å². The van der Waals surface area contributed by atoms with E-state index in [0.29, 0.717) is 18.7 Å². The number of benzene rings is 1. The second-order valence-electron chi connectivity index (χ2n) is 7.94. The van der Waals surface area contributed by atoms with Gasteiger partial charge in [-0.3, -0.25) is 9.69 Å². The molecule has 0 atom stereocenters. The number of hydrogen-bond donors (Lipinski definition) is 0. The average molecular weight is 424 g/mol. The highest BCUT2D eigenvalue weighted by atomic mass is 19.3. The second kappa shape index (κ2) is 9.07. The molecule has 0 spiro atoms. The van der Waals surface area contributed by atoms with E-state index in [2.05, 4.69) is 4.98 Å². The third-order valence-electron chi connectivity index (χ3n) is 5.02. The topological polar surface area (TPSA) is 50.6 Å². The molecule has 1 amide bonds. The van der Waals surface area contributed by atoms with Crippen LogP contribution in [-0.4, -0.2) is 57.0 Å². The normalized spacial score (nSPS) is 15.0. The highest BCUT2D eigenvalue weighted by molar-refractivity contribution is 5.92. The highest BCUT2D eigenvalue weighted by Gasteiger charge is 2.36. The minimum absolute atomic E-state index is 0.113. The number of carbonyl (C=O) groups excluding carboxylic acids is 1. The molecule has 1 saturated heterocycles. The van der Waals surface area contributed by atoms with Gasteiger partial charge in [-0.05, 0) is 57.5 Å². The van der Waals surface area contributed by atoms with Crippen LogP contribution in [0, 0.1) is 5.82 Å². The fourth-order valence-corrected chi connectivity index (χ4v) is 3.47. The van der Waals surface area contributed by atoms with Gasteiger partial charge in [0.1, 0.15) is 12.2 Å². The Morgan fingerprint density at radius 1 is 1.30 bits per heavy atom. The molecule has 3 rings (SSSR count). The van der Waals surface area contributed by atoms with Crippen LogP contribution in [-0.2, 0) is 13.6 Å². The summed E-state index contributed by atoms with van der Waals surface area (Å²) in [6.45, 7) is 4.38. The number of rotatable bonds is 8. The number of aromatic nitrogens is 2. The quantitative estimate of drug-likeness (QED) is 0.649. The zero-order valence-electron chi connectivity index (χ0n) is 17.4. The predicted molar refractivity (Wildman–Crippen MR) is 106 cm³/mol. The first-order valence-corrected chi connectivity index (χ1v) is 10.0. The summed E-state index contributed by atoms with van der Waals surface area (Å²) in [4.78, 5) is 20.0. The Hall–Kier alpha value is -2.55. The Kier molecular flexibility index (Phi) is 6.70. The smallest absolute Gasteiger partial charge is 0.411 e. The van der Waals surface area contributed by atoms with Crippen molar-refractivity contribution in [1.29, 1.82) is 0 Å². The summed E-state index contributed by atoms with van der Waals surface area (Å²) in [5.74, 6) is -1.69. The second-order valence-corrected chi connectivity index (χ2v) is 7.94. The molecular weight excluding hydrogens is 397 g/mol. The fourth-order valence-electron chi connectivity index (χ4n) is 3.47. The molecule has 0 saturated carbocycles. The van der Waals surface area contributed by atoms with Crippen LogP contribution in [0.1, 0.15) is 42.7 Å². The summed E-state index contributed by atoms with van der Waals surface area (Å²) < 4.78 is 49.2. The van der Waals surface area contributed by atoms with Gasteiger partial charge in [0.05, 0.1) is 6.33 Å². The fraction of sp³-hybridized carbons (Fsp3) is 0.524. The molecule has 1 aliphatic rings. The third-order valence-corrected chi connectivity index (χ3v) is 5.02. The molecule has 0 bridgehead atoms. The van der Waals surface area contributed by atoms with Crippen LogP contribution in [0.4, 0.5) is 13.2 Å². The monoisotopic (exact) mass is 424 g/mol. The molecule has 6 nitrogen and oxygen atoms in total. The van der Waals surface area contributed by atoms with Gasteiger partial charge in [0.2, 0.25) is 0 Å². The summed E-state index contributed by atoms with van der Waals surface area (Å²) >= 11 is 0. The minimum Gasteiger partial charge on any atom is -0.428 e. The first-order chi connectivity index (χ1) is 14.1. The van der Waals surface area contributed by atoms with Gasteiger partial charge >= 0.3 is 6.11 Å². The van der Waals surface area contributed by atoms with Crippen molar-refractivity contribution >= 4 is 5.91 Å². The maximum absolute atomic E-state index is 14.3. The van der Waals surface area contributed by atoms with Crippen molar-refractivity contribution in [2.24, 2.45) is 7.05 Å². The number of imidazole rings is 1. The minimum atomic E-state index is -3.51. The summed E-state index contributed by atoms with van der Waals surface area (Å²) in [7, 11) is 1.76. The van der Waals surface area contributed by atoms with E-state index in [4.69, 9.17) is 4.74 Å². The number of aryl methyl sites for hydroxylation is 1. The zero-order chi connectivity index (χ0) is 21.9. The number of amides is 1. The lowest BCUT2D eigenvalue weighted by Gasteiger charge is -2.27. The standard InChI is InChI=1S/C21H27F3N4O2/c1-15(2)28(20(29)18-12-26(3)14-25-18)11-16-6-7-17(22)19(10-16)30-21(23,24)13-27-8-4-5-9-27/h6-7,10,12,14-15H,4-5,8-9,11,13H2,1-3H3. The van der Waals surface area contributed by atoms with Gasteiger partial charge in [0, 0.05) is 25.8 Å². The molecule has 1 aromatic carbocycles. The number of nitrogens with zero attached hydrogens (tertiary/aromatic N) is 4. The van der Waals surface area contributed by atoms with Crippen LogP contribution in [0.5, 0.6) is 5.75 Å². The van der Waals surface area contributed by atoms with Crippen LogP contribution in [0.15, 0.2) is 30.7 Å². The predicted octanol–water partition coefficient (Wildman–Crippen LogP) is 3.68. The van der Waals surface area contributed by atoms with Crippen molar-refractivity contribution in [3.05, 3.63) is 47.8 Å². The van der Waals surface area contributed by atoms with Crippen molar-refractivity contribution in [2.45, 2.75) is 45.4 Å². The lowest BCUT2D eigenvalue weighted by molar-refractivity contribution is -0.188. The Morgan fingerprint density at radius 3 is 2.60 bits per heavy atom. The molecule has 164 valence electrons. The van der Waals surface area contributed by atoms with Gasteiger partial charge < -0.3 is 14.2 Å². The van der Waals surface area contributed by atoms with Crippen LogP contribution >= 0.6 is 0 Å². The maximum Gasteiger partial charge on any atom is 0.411 e. The van der Waals surface area contributed by atoms with Crippen LogP contribution in [0.3, 0.4) is 0 Å². The van der Waals surface area contributed by atoms with E-state index < -0.39 is 24.2 Å². The molecule has 1 fully saturated rings. The SMILES string of the molecule is CC(C)N(Cc1ccc(F)c(OC(F)(F)CN2CCCC2)c1)C(=O)c1cn(C)cn1. The highest BCUT2D eigenvalue weighted by Crippen LogP contribution is 2.28. The van der Waals surface area contributed by atoms with E-state index in [1.807, 2.05) is 13.8 Å². The van der Waals surface area contributed by atoms with Crippen LogP contribution < -0.4 is 4.74 Å². The molecule has 9 heteroatoms. The van der Waals surface area contributed by atoms with Gasteiger partial charge in [-0.25, -0.2) is 9.37 Å². The molecule has 0 radical (unpaired) electrons. The lowest BCUT2D eigenvalue weighted by Crippen LogP contribution is -2.39. The molecular formula is C21H27F3N4O2. The molecule has 0 unspecified atom stereocenters. The van der Waals surface area contributed by atoms with E-state index >= 15 is 0 Å². The van der Waals surface area contributed by atoms with Gasteiger partial charge in [-0.2, -0.15) is 8.78 Å². The number of halogens is 3. The van der Waals surface area contributed by atoms with Crippen LogP contribution in [0.2, 0.25) is 0 Å². The molecule has 1 aromatic heterocycles. The van der Waals surface area contributed by atoms with Crippen LogP contribution in [0.25, 0.3) is 0 Å². The Balaban J connectivity index is 1.74. The number of ether oxygens (including phenoxy) is 1. The zero-order valence-corrected chi connectivity index (χ0v) is 17.4. The summed E-state index contributed by atoms with van der Waals surface area (Å²) in [6.07, 6.45) is 1.36. The molecule has 30 heavy (non-hydrogen) atoms. The maximum atomic E-state index is 14.3. The lowest BCUT2D eigenvalue weighted by atomic mass is 10.1.